The van der Waals surface area contributed by atoms with Gasteiger partial charge in [-0.05, 0) is 81.7 Å². The van der Waals surface area contributed by atoms with E-state index in [4.69, 9.17) is 9.47 Å². The van der Waals surface area contributed by atoms with Crippen LogP contribution in [0.15, 0.2) is 24.5 Å². The van der Waals surface area contributed by atoms with Crippen molar-refractivity contribution in [3.8, 4) is 0 Å². The molecule has 0 unspecified atom stereocenters. The number of rotatable bonds is 0. The van der Waals surface area contributed by atoms with E-state index in [1.54, 1.807) is 13.0 Å². The van der Waals surface area contributed by atoms with Crippen LogP contribution in [0.25, 0.3) is 0 Å². The smallest absolute Gasteiger partial charge is 0.154 e. The van der Waals surface area contributed by atoms with E-state index in [1.165, 1.54) is 25.7 Å². The summed E-state index contributed by atoms with van der Waals surface area (Å²) in [4.78, 5) is 7.94. The standard InChI is InChI=1S/C9H11F.C8H16.C6H8N2.C6H12O2.H2/c1-6-4-7(2)8(3)9(10)5-6;1-7-3-5-8(2)6-4-7;2*1-5-3-7-6(2)8-4-5;/h4-5H,1-3H3;7-8H,3-6H2,1-2H3;3-4H,1-2H3;5-6H,3-4H2,1-2H3;1H. The van der Waals surface area contributed by atoms with E-state index >= 15 is 0 Å². The molecule has 0 radical (unpaired) electrons. The van der Waals surface area contributed by atoms with E-state index in [-0.39, 0.29) is 13.5 Å². The second-order valence-corrected chi connectivity index (χ2v) is 10.2. The highest BCUT2D eigenvalue weighted by Crippen LogP contribution is 2.27. The van der Waals surface area contributed by atoms with Crippen LogP contribution in [0.1, 0.15) is 82.9 Å². The molecule has 0 spiro atoms. The molecule has 2 heterocycles. The number of benzene rings is 1. The first-order chi connectivity index (χ1) is 16.0. The zero-order valence-electron chi connectivity index (χ0n) is 23.0. The number of ether oxygens (including phenoxy) is 2. The molecule has 4 nitrogen and oxygen atoms in total. The number of aryl methyl sites for hydroxylation is 4. The summed E-state index contributed by atoms with van der Waals surface area (Å²) in [5.41, 5.74) is 3.87. The Morgan fingerprint density at radius 1 is 0.735 bits per heavy atom. The molecule has 0 N–H and O–H groups in total. The van der Waals surface area contributed by atoms with Crippen molar-refractivity contribution in [2.24, 2.45) is 17.8 Å². The van der Waals surface area contributed by atoms with Crippen LogP contribution in [-0.4, -0.2) is 29.5 Å². The molecule has 1 aliphatic carbocycles. The molecule has 5 heteroatoms. The maximum atomic E-state index is 12.8. The average molecular weight is 477 g/mol. The van der Waals surface area contributed by atoms with Gasteiger partial charge in [-0.1, -0.05) is 52.5 Å². The zero-order valence-corrected chi connectivity index (χ0v) is 23.0. The molecule has 0 atom stereocenters. The Labute approximate surface area is 209 Å². The predicted octanol–water partition coefficient (Wildman–Crippen LogP) is 7.94. The molecule has 1 saturated carbocycles. The molecule has 2 aromatic rings. The molecular formula is C29H49FN2O2. The molecule has 1 aromatic carbocycles. The largest absolute Gasteiger partial charge is 0.353 e. The van der Waals surface area contributed by atoms with Gasteiger partial charge in [0.2, 0.25) is 0 Å². The van der Waals surface area contributed by atoms with E-state index in [2.05, 4.69) is 30.7 Å². The molecule has 2 fully saturated rings. The maximum absolute atomic E-state index is 12.8. The molecule has 2 aliphatic rings. The highest BCUT2D eigenvalue weighted by molar-refractivity contribution is 5.30. The summed E-state index contributed by atoms with van der Waals surface area (Å²) in [6.45, 7) is 19.9. The first-order valence-electron chi connectivity index (χ1n) is 12.7. The first kappa shape index (κ1) is 30.2. The van der Waals surface area contributed by atoms with Crippen molar-refractivity contribution >= 4 is 0 Å². The maximum Gasteiger partial charge on any atom is 0.154 e. The lowest BCUT2D eigenvalue weighted by Crippen LogP contribution is -2.27. The quantitative estimate of drug-likeness (QED) is 0.387. The van der Waals surface area contributed by atoms with E-state index in [9.17, 15) is 4.39 Å². The van der Waals surface area contributed by atoms with Gasteiger partial charge in [-0.3, -0.25) is 0 Å². The van der Waals surface area contributed by atoms with Gasteiger partial charge in [0.15, 0.2) is 6.29 Å². The molecule has 1 aliphatic heterocycles. The van der Waals surface area contributed by atoms with Crippen LogP contribution in [0.3, 0.4) is 0 Å². The lowest BCUT2D eigenvalue weighted by Gasteiger charge is -2.24. The lowest BCUT2D eigenvalue weighted by molar-refractivity contribution is -0.187. The zero-order chi connectivity index (χ0) is 25.7. The molecular weight excluding hydrogens is 427 g/mol. The summed E-state index contributed by atoms with van der Waals surface area (Å²) >= 11 is 0. The van der Waals surface area contributed by atoms with Crippen molar-refractivity contribution in [2.75, 3.05) is 13.2 Å². The van der Waals surface area contributed by atoms with Crippen molar-refractivity contribution in [2.45, 2.75) is 94.3 Å². The van der Waals surface area contributed by atoms with Crippen molar-refractivity contribution in [3.63, 3.8) is 0 Å². The van der Waals surface area contributed by atoms with Crippen LogP contribution in [-0.2, 0) is 9.47 Å². The fourth-order valence-electron chi connectivity index (χ4n) is 3.57. The summed E-state index contributed by atoms with van der Waals surface area (Å²) in [6, 6.07) is 3.54. The number of halogens is 1. The average Bonchev–Trinajstić information content (AvgIpc) is 2.79. The number of nitrogens with zero attached hydrogens (tertiary/aromatic N) is 2. The molecule has 1 aromatic heterocycles. The molecule has 0 bridgehead atoms. The summed E-state index contributed by atoms with van der Waals surface area (Å²) in [5, 5.41) is 0. The van der Waals surface area contributed by atoms with Gasteiger partial charge in [-0.15, -0.1) is 0 Å². The van der Waals surface area contributed by atoms with Crippen LogP contribution in [0.5, 0.6) is 0 Å². The Bertz CT molecular complexity index is 732. The van der Waals surface area contributed by atoms with E-state index < -0.39 is 0 Å². The topological polar surface area (TPSA) is 44.2 Å². The van der Waals surface area contributed by atoms with Gasteiger partial charge in [0.25, 0.3) is 0 Å². The van der Waals surface area contributed by atoms with Crippen LogP contribution in [0.4, 0.5) is 4.39 Å². The van der Waals surface area contributed by atoms with Gasteiger partial charge < -0.3 is 9.47 Å². The van der Waals surface area contributed by atoms with Crippen molar-refractivity contribution < 1.29 is 15.3 Å². The Balaban J connectivity index is 0.000000438. The minimum atomic E-state index is -0.0995. The molecule has 4 rings (SSSR count). The Kier molecular flexibility index (Phi) is 14.1. The second kappa shape index (κ2) is 15.9. The minimum absolute atomic E-state index is 0. The van der Waals surface area contributed by atoms with Gasteiger partial charge in [-0.25, -0.2) is 14.4 Å². The van der Waals surface area contributed by atoms with Gasteiger partial charge in [0.05, 0.1) is 13.2 Å². The van der Waals surface area contributed by atoms with Gasteiger partial charge >= 0.3 is 0 Å². The second-order valence-electron chi connectivity index (χ2n) is 10.2. The summed E-state index contributed by atoms with van der Waals surface area (Å²) in [5.74, 6) is 3.34. The van der Waals surface area contributed by atoms with Crippen molar-refractivity contribution in [1.29, 1.82) is 0 Å². The third-order valence-electron chi connectivity index (χ3n) is 6.19. The molecule has 0 amide bonds. The first-order valence-corrected chi connectivity index (χ1v) is 12.7. The highest BCUT2D eigenvalue weighted by atomic mass is 19.1. The summed E-state index contributed by atoms with van der Waals surface area (Å²) in [6.07, 6.45) is 9.53. The predicted molar refractivity (Wildman–Crippen MR) is 142 cm³/mol. The van der Waals surface area contributed by atoms with E-state index in [0.29, 0.717) is 5.92 Å². The Morgan fingerprint density at radius 3 is 1.59 bits per heavy atom. The van der Waals surface area contributed by atoms with Crippen molar-refractivity contribution in [3.05, 3.63) is 58.4 Å². The van der Waals surface area contributed by atoms with E-state index in [1.807, 2.05) is 53.1 Å². The summed E-state index contributed by atoms with van der Waals surface area (Å²) < 4.78 is 23.2. The van der Waals surface area contributed by atoms with Gasteiger partial charge in [0.1, 0.15) is 11.6 Å². The number of hydrogen-bond donors (Lipinski definition) is 0. The number of hydrogen-bond acceptors (Lipinski definition) is 4. The van der Waals surface area contributed by atoms with Crippen LogP contribution < -0.4 is 0 Å². The lowest BCUT2D eigenvalue weighted by atomic mass is 9.84. The fourth-order valence-corrected chi connectivity index (χ4v) is 3.57. The third kappa shape index (κ3) is 13.1. The number of aromatic nitrogens is 2. The highest BCUT2D eigenvalue weighted by Gasteiger charge is 2.14. The van der Waals surface area contributed by atoms with Gasteiger partial charge in [0, 0.05) is 19.7 Å². The van der Waals surface area contributed by atoms with Crippen molar-refractivity contribution in [1.82, 2.24) is 9.97 Å². The third-order valence-corrected chi connectivity index (χ3v) is 6.19. The van der Waals surface area contributed by atoms with Crippen LogP contribution in [0.2, 0.25) is 0 Å². The SMILES string of the molecule is CC1CCC(C)CC1.CC1COC(C)OC1.Cc1cc(C)c(C)c(F)c1.Cc1cnc(C)nc1.[HH]. The molecule has 34 heavy (non-hydrogen) atoms. The monoisotopic (exact) mass is 476 g/mol. The molecule has 194 valence electrons. The molecule has 1 saturated heterocycles. The van der Waals surface area contributed by atoms with Crippen LogP contribution >= 0.6 is 0 Å². The van der Waals surface area contributed by atoms with Crippen LogP contribution in [0, 0.1) is 58.2 Å². The fraction of sp³-hybridized carbons (Fsp3) is 0.655. The summed E-state index contributed by atoms with van der Waals surface area (Å²) in [7, 11) is 0. The normalized spacial score (nSPS) is 23.8. The van der Waals surface area contributed by atoms with E-state index in [0.717, 1.165) is 53.1 Å². The van der Waals surface area contributed by atoms with Gasteiger partial charge in [-0.2, -0.15) is 0 Å². The Hall–Kier alpha value is -1.85. The minimum Gasteiger partial charge on any atom is -0.353 e. The Morgan fingerprint density at radius 2 is 1.21 bits per heavy atom.